The van der Waals surface area contributed by atoms with E-state index in [4.69, 9.17) is 9.15 Å². The number of furan rings is 1. The summed E-state index contributed by atoms with van der Waals surface area (Å²) >= 11 is 0. The highest BCUT2D eigenvalue weighted by atomic mass is 16.7. The van der Waals surface area contributed by atoms with Gasteiger partial charge in [0.2, 0.25) is 5.76 Å². The van der Waals surface area contributed by atoms with Gasteiger partial charge in [0.25, 0.3) is 5.56 Å². The number of hydrogen-bond acceptors (Lipinski definition) is 7. The van der Waals surface area contributed by atoms with E-state index in [9.17, 15) is 19.7 Å². The second-order valence-electron chi connectivity index (χ2n) is 4.91. The van der Waals surface area contributed by atoms with E-state index in [2.05, 4.69) is 9.97 Å². The van der Waals surface area contributed by atoms with Crippen LogP contribution in [0.3, 0.4) is 0 Å². The standard InChI is InChI=1S/C15H11N3O6/c1-8(23-15(20)11-6-7-12(24-11)18(21)22)13-16-10-5-3-2-4-9(10)14(19)17-13/h2-8H,1H3,(H,16,17,19). The summed E-state index contributed by atoms with van der Waals surface area (Å²) in [6.45, 7) is 1.52. The van der Waals surface area contributed by atoms with E-state index < -0.39 is 22.9 Å². The van der Waals surface area contributed by atoms with Crippen molar-refractivity contribution < 1.29 is 18.9 Å². The first-order chi connectivity index (χ1) is 11.5. The minimum Gasteiger partial charge on any atom is -0.449 e. The molecule has 0 fully saturated rings. The zero-order valence-electron chi connectivity index (χ0n) is 12.4. The lowest BCUT2D eigenvalue weighted by Gasteiger charge is -2.11. The minimum absolute atomic E-state index is 0.160. The SMILES string of the molecule is CC(OC(=O)c1ccc([N+](=O)[O-])o1)c1nc2ccccc2c(=O)[nH]1. The zero-order chi connectivity index (χ0) is 17.3. The number of para-hydroxylation sites is 1. The van der Waals surface area contributed by atoms with Crippen LogP contribution < -0.4 is 5.56 Å². The van der Waals surface area contributed by atoms with Gasteiger partial charge >= 0.3 is 11.9 Å². The molecule has 9 heteroatoms. The van der Waals surface area contributed by atoms with Gasteiger partial charge in [0.15, 0.2) is 11.9 Å². The van der Waals surface area contributed by atoms with E-state index in [1.54, 1.807) is 24.3 Å². The molecular weight excluding hydrogens is 318 g/mol. The van der Waals surface area contributed by atoms with Gasteiger partial charge in [0, 0.05) is 0 Å². The average molecular weight is 329 g/mol. The van der Waals surface area contributed by atoms with Gasteiger partial charge in [-0.15, -0.1) is 0 Å². The fourth-order valence-electron chi connectivity index (χ4n) is 2.11. The van der Waals surface area contributed by atoms with Crippen LogP contribution in [0.4, 0.5) is 5.88 Å². The number of fused-ring (bicyclic) bond motifs is 1. The largest absolute Gasteiger partial charge is 0.449 e. The number of aromatic nitrogens is 2. The number of nitro groups is 1. The van der Waals surface area contributed by atoms with Crippen LogP contribution in [0.2, 0.25) is 0 Å². The Labute approximate surface area is 134 Å². The molecule has 0 bridgehead atoms. The second kappa shape index (κ2) is 5.95. The monoisotopic (exact) mass is 329 g/mol. The maximum absolute atomic E-state index is 12.0. The molecule has 0 aliphatic carbocycles. The summed E-state index contributed by atoms with van der Waals surface area (Å²) in [7, 11) is 0. The molecule has 1 atom stereocenters. The minimum atomic E-state index is -0.897. The topological polar surface area (TPSA) is 128 Å². The smallest absolute Gasteiger partial charge is 0.433 e. The van der Waals surface area contributed by atoms with Gasteiger partial charge in [0.05, 0.1) is 17.0 Å². The van der Waals surface area contributed by atoms with Crippen LogP contribution in [0.5, 0.6) is 0 Å². The molecular formula is C15H11N3O6. The number of nitrogens with zero attached hydrogens (tertiary/aromatic N) is 2. The summed E-state index contributed by atoms with van der Waals surface area (Å²) < 4.78 is 9.90. The number of carbonyl (C=O) groups is 1. The predicted molar refractivity (Wildman–Crippen MR) is 81.6 cm³/mol. The van der Waals surface area contributed by atoms with E-state index >= 15 is 0 Å². The Bertz CT molecular complexity index is 990. The van der Waals surface area contributed by atoms with Crippen molar-refractivity contribution in [3.8, 4) is 0 Å². The van der Waals surface area contributed by atoms with Crippen molar-refractivity contribution in [3.63, 3.8) is 0 Å². The Morgan fingerprint density at radius 3 is 2.79 bits per heavy atom. The highest BCUT2D eigenvalue weighted by Gasteiger charge is 2.22. The van der Waals surface area contributed by atoms with Crippen molar-refractivity contribution in [1.82, 2.24) is 9.97 Å². The van der Waals surface area contributed by atoms with Crippen LogP contribution in [-0.4, -0.2) is 20.9 Å². The van der Waals surface area contributed by atoms with Gasteiger partial charge in [-0.25, -0.2) is 9.78 Å². The first-order valence-corrected chi connectivity index (χ1v) is 6.90. The molecule has 0 aliphatic heterocycles. The quantitative estimate of drug-likeness (QED) is 0.442. The highest BCUT2D eigenvalue weighted by molar-refractivity contribution is 5.86. The molecule has 0 amide bonds. The van der Waals surface area contributed by atoms with Crippen LogP contribution in [-0.2, 0) is 4.74 Å². The molecule has 0 radical (unpaired) electrons. The van der Waals surface area contributed by atoms with Crippen LogP contribution in [0, 0.1) is 10.1 Å². The van der Waals surface area contributed by atoms with Gasteiger partial charge in [0.1, 0.15) is 4.92 Å². The number of nitrogens with one attached hydrogen (secondary N) is 1. The third kappa shape index (κ3) is 2.86. The van der Waals surface area contributed by atoms with E-state index in [1.807, 2.05) is 0 Å². The normalized spacial score (nSPS) is 12.0. The number of carbonyl (C=O) groups excluding carboxylic acids is 1. The Morgan fingerprint density at radius 2 is 2.08 bits per heavy atom. The number of hydrogen-bond donors (Lipinski definition) is 1. The summed E-state index contributed by atoms with van der Waals surface area (Å²) in [5.74, 6) is -1.61. The van der Waals surface area contributed by atoms with Crippen LogP contribution in [0.15, 0.2) is 45.6 Å². The van der Waals surface area contributed by atoms with Crippen LogP contribution >= 0.6 is 0 Å². The van der Waals surface area contributed by atoms with Crippen molar-refractivity contribution in [1.29, 1.82) is 0 Å². The number of rotatable bonds is 4. The summed E-state index contributed by atoms with van der Waals surface area (Å²) in [6.07, 6.45) is -0.876. The van der Waals surface area contributed by atoms with Crippen LogP contribution in [0.1, 0.15) is 29.4 Å². The molecule has 9 nitrogen and oxygen atoms in total. The van der Waals surface area contributed by atoms with Crippen molar-refractivity contribution in [2.24, 2.45) is 0 Å². The van der Waals surface area contributed by atoms with Gasteiger partial charge in [-0.3, -0.25) is 14.9 Å². The first kappa shape index (κ1) is 15.4. The summed E-state index contributed by atoms with van der Waals surface area (Å²) in [5.41, 5.74) is 0.111. The molecule has 0 spiro atoms. The Balaban J connectivity index is 1.83. The zero-order valence-corrected chi connectivity index (χ0v) is 12.4. The lowest BCUT2D eigenvalue weighted by atomic mass is 10.2. The fourth-order valence-corrected chi connectivity index (χ4v) is 2.11. The number of H-pyrrole nitrogens is 1. The van der Waals surface area contributed by atoms with Crippen LogP contribution in [0.25, 0.3) is 10.9 Å². The molecule has 1 N–H and O–H groups in total. The Morgan fingerprint density at radius 1 is 1.33 bits per heavy atom. The summed E-state index contributed by atoms with van der Waals surface area (Å²) in [6, 6.07) is 8.94. The molecule has 24 heavy (non-hydrogen) atoms. The maximum Gasteiger partial charge on any atom is 0.433 e. The second-order valence-corrected chi connectivity index (χ2v) is 4.91. The van der Waals surface area contributed by atoms with E-state index in [-0.39, 0.29) is 17.1 Å². The van der Waals surface area contributed by atoms with E-state index in [1.165, 1.54) is 6.92 Å². The molecule has 2 heterocycles. The number of esters is 1. The molecule has 0 saturated carbocycles. The van der Waals surface area contributed by atoms with Crippen molar-refractivity contribution >= 4 is 22.8 Å². The number of benzene rings is 1. The fraction of sp³-hybridized carbons (Fsp3) is 0.133. The predicted octanol–water partition coefficient (Wildman–Crippen LogP) is 2.34. The maximum atomic E-state index is 12.0. The lowest BCUT2D eigenvalue weighted by molar-refractivity contribution is -0.402. The Kier molecular flexibility index (Phi) is 3.82. The molecule has 1 aromatic carbocycles. The molecule has 0 saturated heterocycles. The number of aromatic amines is 1. The van der Waals surface area contributed by atoms with Gasteiger partial charge in [-0.2, -0.15) is 0 Å². The highest BCUT2D eigenvalue weighted by Crippen LogP contribution is 2.20. The van der Waals surface area contributed by atoms with E-state index in [0.29, 0.717) is 10.9 Å². The lowest BCUT2D eigenvalue weighted by Crippen LogP contribution is -2.17. The molecule has 122 valence electrons. The van der Waals surface area contributed by atoms with Gasteiger partial charge in [-0.05, 0) is 25.1 Å². The molecule has 2 aromatic heterocycles. The van der Waals surface area contributed by atoms with Crippen molar-refractivity contribution in [2.45, 2.75) is 13.0 Å². The third-order valence-corrected chi connectivity index (χ3v) is 3.27. The third-order valence-electron chi connectivity index (χ3n) is 3.27. The average Bonchev–Trinajstić information content (AvgIpc) is 3.05. The van der Waals surface area contributed by atoms with E-state index in [0.717, 1.165) is 12.1 Å². The molecule has 3 rings (SSSR count). The molecule has 1 unspecified atom stereocenters. The van der Waals surface area contributed by atoms with Crippen molar-refractivity contribution in [2.75, 3.05) is 0 Å². The Hall–Kier alpha value is -3.49. The van der Waals surface area contributed by atoms with Gasteiger partial charge in [-0.1, -0.05) is 12.1 Å². The molecule has 3 aromatic rings. The first-order valence-electron chi connectivity index (χ1n) is 6.90. The number of ether oxygens (including phenoxy) is 1. The summed E-state index contributed by atoms with van der Waals surface area (Å²) in [4.78, 5) is 40.5. The van der Waals surface area contributed by atoms with Crippen molar-refractivity contribution in [3.05, 3.63) is 68.5 Å². The van der Waals surface area contributed by atoms with Gasteiger partial charge < -0.3 is 14.1 Å². The summed E-state index contributed by atoms with van der Waals surface area (Å²) in [5, 5.41) is 11.0. The molecule has 0 aliphatic rings.